The van der Waals surface area contributed by atoms with E-state index in [2.05, 4.69) is 0 Å². The largest absolute Gasteiger partial charge is 0.493 e. The smallest absolute Gasteiger partial charge is 0.165 e. The Kier molecular flexibility index (Phi) is 5.25. The molecule has 0 aliphatic carbocycles. The van der Waals surface area contributed by atoms with Gasteiger partial charge in [-0.05, 0) is 6.07 Å². The van der Waals surface area contributed by atoms with Gasteiger partial charge in [-0.2, -0.15) is 0 Å². The SMILES string of the molecule is COc1cc(Cl)cc(CN)c1OCCS(C)(=O)=O. The molecule has 0 saturated carbocycles. The average molecular weight is 294 g/mol. The molecule has 0 bridgehead atoms. The van der Waals surface area contributed by atoms with Crippen molar-refractivity contribution in [3.8, 4) is 11.5 Å². The summed E-state index contributed by atoms with van der Waals surface area (Å²) in [5, 5.41) is 0.489. The van der Waals surface area contributed by atoms with Gasteiger partial charge in [-0.1, -0.05) is 11.6 Å². The summed E-state index contributed by atoms with van der Waals surface area (Å²) in [6.07, 6.45) is 1.15. The average Bonchev–Trinajstić information content (AvgIpc) is 2.28. The number of halogens is 1. The number of benzene rings is 1. The molecule has 2 N–H and O–H groups in total. The van der Waals surface area contributed by atoms with Crippen LogP contribution in [0.5, 0.6) is 11.5 Å². The fraction of sp³-hybridized carbons (Fsp3) is 0.455. The first-order chi connectivity index (χ1) is 8.37. The van der Waals surface area contributed by atoms with Crippen LogP contribution in [0.1, 0.15) is 5.56 Å². The summed E-state index contributed by atoms with van der Waals surface area (Å²) >= 11 is 5.90. The molecule has 0 aliphatic heterocycles. The molecule has 1 aromatic carbocycles. The molecule has 0 atom stereocenters. The molecule has 18 heavy (non-hydrogen) atoms. The first-order valence-electron chi connectivity index (χ1n) is 5.24. The topological polar surface area (TPSA) is 78.6 Å². The van der Waals surface area contributed by atoms with Gasteiger partial charge in [0.2, 0.25) is 0 Å². The predicted octanol–water partition coefficient (Wildman–Crippen LogP) is 1.23. The molecule has 1 rings (SSSR count). The molecule has 0 saturated heterocycles. The van der Waals surface area contributed by atoms with Crippen LogP contribution in [0.15, 0.2) is 12.1 Å². The highest BCUT2D eigenvalue weighted by molar-refractivity contribution is 7.90. The van der Waals surface area contributed by atoms with Gasteiger partial charge < -0.3 is 15.2 Å². The summed E-state index contributed by atoms with van der Waals surface area (Å²) in [5.41, 5.74) is 6.26. The highest BCUT2D eigenvalue weighted by Gasteiger charge is 2.13. The minimum absolute atomic E-state index is 0.0455. The molecular formula is C11H16ClNO4S. The maximum absolute atomic E-state index is 11.0. The first kappa shape index (κ1) is 15.1. The number of ether oxygens (including phenoxy) is 2. The molecule has 102 valence electrons. The van der Waals surface area contributed by atoms with E-state index < -0.39 is 9.84 Å². The Morgan fingerprint density at radius 1 is 1.39 bits per heavy atom. The molecule has 0 fully saturated rings. The lowest BCUT2D eigenvalue weighted by atomic mass is 10.2. The number of hydrogen-bond donors (Lipinski definition) is 1. The second-order valence-electron chi connectivity index (χ2n) is 3.78. The lowest BCUT2D eigenvalue weighted by Crippen LogP contribution is -2.14. The van der Waals surface area contributed by atoms with Crippen molar-refractivity contribution in [2.75, 3.05) is 25.7 Å². The zero-order valence-corrected chi connectivity index (χ0v) is 11.8. The molecule has 0 unspecified atom stereocenters. The Labute approximate surface area is 112 Å². The fourth-order valence-corrected chi connectivity index (χ4v) is 2.00. The Morgan fingerprint density at radius 2 is 2.06 bits per heavy atom. The monoisotopic (exact) mass is 293 g/mol. The van der Waals surface area contributed by atoms with E-state index >= 15 is 0 Å². The number of sulfone groups is 1. The maximum atomic E-state index is 11.0. The quantitative estimate of drug-likeness (QED) is 0.853. The first-order valence-corrected chi connectivity index (χ1v) is 7.68. The van der Waals surface area contributed by atoms with Crippen LogP contribution in [-0.2, 0) is 16.4 Å². The fourth-order valence-electron chi connectivity index (χ4n) is 1.38. The van der Waals surface area contributed by atoms with Gasteiger partial charge in [0.15, 0.2) is 21.3 Å². The van der Waals surface area contributed by atoms with E-state index in [1.807, 2.05) is 0 Å². The van der Waals surface area contributed by atoms with Crippen molar-refractivity contribution in [3.63, 3.8) is 0 Å². The Morgan fingerprint density at radius 3 is 2.56 bits per heavy atom. The van der Waals surface area contributed by atoms with E-state index in [1.54, 1.807) is 12.1 Å². The van der Waals surface area contributed by atoms with E-state index in [0.29, 0.717) is 22.1 Å². The lowest BCUT2D eigenvalue weighted by Gasteiger charge is -2.14. The maximum Gasteiger partial charge on any atom is 0.165 e. The van der Waals surface area contributed by atoms with Crippen LogP contribution in [0.3, 0.4) is 0 Å². The van der Waals surface area contributed by atoms with Gasteiger partial charge in [0.05, 0.1) is 12.9 Å². The van der Waals surface area contributed by atoms with Crippen LogP contribution in [-0.4, -0.2) is 34.1 Å². The van der Waals surface area contributed by atoms with Gasteiger partial charge >= 0.3 is 0 Å². The Balaban J connectivity index is 2.92. The molecule has 0 amide bonds. The van der Waals surface area contributed by atoms with E-state index in [1.165, 1.54) is 7.11 Å². The standard InChI is InChI=1S/C11H16ClNO4S/c1-16-10-6-9(12)5-8(7-13)11(10)17-3-4-18(2,14)15/h5-6H,3-4,7,13H2,1-2H3. The van der Waals surface area contributed by atoms with Crippen molar-refractivity contribution in [2.24, 2.45) is 5.73 Å². The highest BCUT2D eigenvalue weighted by Crippen LogP contribution is 2.34. The summed E-state index contributed by atoms with van der Waals surface area (Å²) in [4.78, 5) is 0. The summed E-state index contributed by atoms with van der Waals surface area (Å²) in [7, 11) is -1.58. The Bertz CT molecular complexity index is 491. The molecule has 0 aliphatic rings. The van der Waals surface area contributed by atoms with Gasteiger partial charge in [-0.15, -0.1) is 0 Å². The molecule has 0 radical (unpaired) electrons. The number of rotatable bonds is 6. The molecule has 0 spiro atoms. The third-order valence-corrected chi connectivity index (χ3v) is 3.36. The summed E-state index contributed by atoms with van der Waals surface area (Å²) in [5.74, 6) is 0.812. The van der Waals surface area contributed by atoms with Crippen molar-refractivity contribution < 1.29 is 17.9 Å². The van der Waals surface area contributed by atoms with Crippen molar-refractivity contribution >= 4 is 21.4 Å². The normalized spacial score (nSPS) is 11.3. The second-order valence-corrected chi connectivity index (χ2v) is 6.47. The zero-order valence-electron chi connectivity index (χ0n) is 10.3. The molecule has 5 nitrogen and oxygen atoms in total. The molecule has 7 heteroatoms. The van der Waals surface area contributed by atoms with Crippen LogP contribution in [0.4, 0.5) is 0 Å². The van der Waals surface area contributed by atoms with E-state index in [9.17, 15) is 8.42 Å². The number of nitrogens with two attached hydrogens (primary N) is 1. The van der Waals surface area contributed by atoms with Crippen LogP contribution in [0.2, 0.25) is 5.02 Å². The summed E-state index contributed by atoms with van der Waals surface area (Å²) < 4.78 is 32.6. The van der Waals surface area contributed by atoms with Crippen molar-refractivity contribution in [1.29, 1.82) is 0 Å². The van der Waals surface area contributed by atoms with Crippen LogP contribution in [0, 0.1) is 0 Å². The molecule has 1 aromatic rings. The Hall–Kier alpha value is -0.980. The van der Waals surface area contributed by atoms with Gasteiger partial charge in [-0.3, -0.25) is 0 Å². The molecule has 0 heterocycles. The molecular weight excluding hydrogens is 278 g/mol. The minimum atomic E-state index is -3.06. The minimum Gasteiger partial charge on any atom is -0.493 e. The second kappa shape index (κ2) is 6.26. The zero-order chi connectivity index (χ0) is 13.8. The number of methoxy groups -OCH3 is 1. The van der Waals surface area contributed by atoms with Crippen molar-refractivity contribution in [2.45, 2.75) is 6.54 Å². The van der Waals surface area contributed by atoms with Gasteiger partial charge in [0.1, 0.15) is 6.61 Å². The summed E-state index contributed by atoms with van der Waals surface area (Å²) in [6.45, 7) is 0.273. The van der Waals surface area contributed by atoms with Crippen LogP contribution < -0.4 is 15.2 Å². The van der Waals surface area contributed by atoms with Crippen LogP contribution >= 0.6 is 11.6 Å². The van der Waals surface area contributed by atoms with E-state index in [-0.39, 0.29) is 18.9 Å². The van der Waals surface area contributed by atoms with Gasteiger partial charge in [0.25, 0.3) is 0 Å². The van der Waals surface area contributed by atoms with Gasteiger partial charge in [-0.25, -0.2) is 8.42 Å². The van der Waals surface area contributed by atoms with Crippen molar-refractivity contribution in [3.05, 3.63) is 22.7 Å². The number of hydrogen-bond acceptors (Lipinski definition) is 5. The third-order valence-electron chi connectivity index (χ3n) is 2.24. The highest BCUT2D eigenvalue weighted by atomic mass is 35.5. The summed E-state index contributed by atoms with van der Waals surface area (Å²) in [6, 6.07) is 3.26. The van der Waals surface area contributed by atoms with Crippen molar-refractivity contribution in [1.82, 2.24) is 0 Å². The third kappa shape index (κ3) is 4.36. The van der Waals surface area contributed by atoms with Gasteiger partial charge in [0, 0.05) is 29.5 Å². The molecule has 0 aromatic heterocycles. The van der Waals surface area contributed by atoms with Crippen LogP contribution in [0.25, 0.3) is 0 Å². The predicted molar refractivity (Wildman–Crippen MR) is 71.1 cm³/mol. The van der Waals surface area contributed by atoms with E-state index in [0.717, 1.165) is 6.26 Å². The lowest BCUT2D eigenvalue weighted by molar-refractivity contribution is 0.308. The van der Waals surface area contributed by atoms with E-state index in [4.69, 9.17) is 26.8 Å².